The Labute approximate surface area is 189 Å². The minimum Gasteiger partial charge on any atom is -0.467 e. The Kier molecular flexibility index (Phi) is 6.77. The highest BCUT2D eigenvalue weighted by molar-refractivity contribution is 7.89. The van der Waals surface area contributed by atoms with Crippen LogP contribution in [-0.2, 0) is 23.1 Å². The Hall–Kier alpha value is -2.90. The van der Waals surface area contributed by atoms with Crippen LogP contribution in [0, 0.1) is 0 Å². The SMILES string of the molecule is CC1CCCCN1S(=O)(=O)c1ccc(C(=O)N(Cc2ccccc2)Cc2ccco2)cc1. The first kappa shape index (κ1) is 22.3. The summed E-state index contributed by atoms with van der Waals surface area (Å²) in [6.45, 7) is 3.24. The molecule has 0 saturated carbocycles. The van der Waals surface area contributed by atoms with Gasteiger partial charge in [-0.15, -0.1) is 0 Å². The zero-order valence-corrected chi connectivity index (χ0v) is 19.0. The van der Waals surface area contributed by atoms with Crippen molar-refractivity contribution in [2.75, 3.05) is 6.54 Å². The van der Waals surface area contributed by atoms with Gasteiger partial charge in [-0.25, -0.2) is 8.42 Å². The molecule has 1 fully saturated rings. The van der Waals surface area contributed by atoms with Crippen LogP contribution in [-0.4, -0.2) is 36.1 Å². The molecule has 7 heteroatoms. The quantitative estimate of drug-likeness (QED) is 0.522. The Bertz CT molecular complexity index is 1130. The van der Waals surface area contributed by atoms with E-state index in [2.05, 4.69) is 0 Å². The highest BCUT2D eigenvalue weighted by Crippen LogP contribution is 2.25. The van der Waals surface area contributed by atoms with E-state index in [0.29, 0.717) is 31.0 Å². The van der Waals surface area contributed by atoms with Crippen molar-refractivity contribution < 1.29 is 17.6 Å². The molecule has 1 aliphatic heterocycles. The Morgan fingerprint density at radius 3 is 2.41 bits per heavy atom. The van der Waals surface area contributed by atoms with Gasteiger partial charge in [0.15, 0.2) is 0 Å². The average Bonchev–Trinajstić information content (AvgIpc) is 3.32. The summed E-state index contributed by atoms with van der Waals surface area (Å²) in [4.78, 5) is 15.2. The topological polar surface area (TPSA) is 70.8 Å². The normalized spacial score (nSPS) is 17.2. The van der Waals surface area contributed by atoms with Gasteiger partial charge in [0.05, 0.1) is 17.7 Å². The number of piperidine rings is 1. The van der Waals surface area contributed by atoms with Crippen molar-refractivity contribution >= 4 is 15.9 Å². The van der Waals surface area contributed by atoms with Crippen molar-refractivity contribution in [2.45, 2.75) is 50.2 Å². The molecule has 2 aromatic carbocycles. The van der Waals surface area contributed by atoms with Crippen LogP contribution >= 0.6 is 0 Å². The van der Waals surface area contributed by atoms with Gasteiger partial charge in [-0.2, -0.15) is 4.31 Å². The third-order valence-electron chi connectivity index (χ3n) is 5.88. The second kappa shape index (κ2) is 9.71. The minimum atomic E-state index is -3.57. The fraction of sp³-hybridized carbons (Fsp3) is 0.320. The Morgan fingerprint density at radius 1 is 1.00 bits per heavy atom. The number of carbonyl (C=O) groups excluding carboxylic acids is 1. The molecular formula is C25H28N2O4S. The van der Waals surface area contributed by atoms with E-state index in [-0.39, 0.29) is 16.8 Å². The maximum atomic E-state index is 13.3. The molecule has 1 aromatic heterocycles. The molecular weight excluding hydrogens is 424 g/mol. The van der Waals surface area contributed by atoms with Crippen LogP contribution in [0.2, 0.25) is 0 Å². The van der Waals surface area contributed by atoms with Crippen LogP contribution in [0.15, 0.2) is 82.3 Å². The molecule has 1 amide bonds. The van der Waals surface area contributed by atoms with E-state index in [1.807, 2.05) is 43.3 Å². The van der Waals surface area contributed by atoms with Gasteiger partial charge in [-0.05, 0) is 61.7 Å². The third kappa shape index (κ3) is 4.95. The van der Waals surface area contributed by atoms with Gasteiger partial charge in [0.2, 0.25) is 10.0 Å². The molecule has 1 atom stereocenters. The molecule has 1 unspecified atom stereocenters. The monoisotopic (exact) mass is 452 g/mol. The zero-order valence-electron chi connectivity index (χ0n) is 18.2. The summed E-state index contributed by atoms with van der Waals surface area (Å²) >= 11 is 0. The number of sulfonamides is 1. The number of rotatable bonds is 7. The molecule has 1 saturated heterocycles. The number of furan rings is 1. The molecule has 32 heavy (non-hydrogen) atoms. The maximum Gasteiger partial charge on any atom is 0.254 e. The van der Waals surface area contributed by atoms with Crippen molar-refractivity contribution in [1.29, 1.82) is 0 Å². The summed E-state index contributed by atoms with van der Waals surface area (Å²) in [5, 5.41) is 0. The van der Waals surface area contributed by atoms with Gasteiger partial charge in [0, 0.05) is 24.7 Å². The molecule has 6 nitrogen and oxygen atoms in total. The molecule has 0 spiro atoms. The van der Waals surface area contributed by atoms with Gasteiger partial charge >= 0.3 is 0 Å². The number of hydrogen-bond acceptors (Lipinski definition) is 4. The molecule has 0 radical (unpaired) electrons. The van der Waals surface area contributed by atoms with Gasteiger partial charge in [0.25, 0.3) is 5.91 Å². The van der Waals surface area contributed by atoms with Crippen molar-refractivity contribution in [3.8, 4) is 0 Å². The van der Waals surface area contributed by atoms with Crippen LogP contribution < -0.4 is 0 Å². The van der Waals surface area contributed by atoms with Crippen LogP contribution in [0.4, 0.5) is 0 Å². The number of amides is 1. The van der Waals surface area contributed by atoms with Crippen molar-refractivity contribution in [3.63, 3.8) is 0 Å². The second-order valence-corrected chi connectivity index (χ2v) is 10.1. The van der Waals surface area contributed by atoms with Crippen LogP contribution in [0.5, 0.6) is 0 Å². The van der Waals surface area contributed by atoms with Gasteiger partial charge in [0.1, 0.15) is 5.76 Å². The van der Waals surface area contributed by atoms with E-state index in [1.54, 1.807) is 33.7 Å². The van der Waals surface area contributed by atoms with Crippen molar-refractivity contribution in [1.82, 2.24) is 9.21 Å². The van der Waals surface area contributed by atoms with Gasteiger partial charge in [-0.1, -0.05) is 36.8 Å². The maximum absolute atomic E-state index is 13.3. The van der Waals surface area contributed by atoms with E-state index in [0.717, 1.165) is 24.8 Å². The summed E-state index contributed by atoms with van der Waals surface area (Å²) in [5.41, 5.74) is 1.45. The Morgan fingerprint density at radius 2 is 1.75 bits per heavy atom. The number of hydrogen-bond donors (Lipinski definition) is 0. The zero-order chi connectivity index (χ0) is 22.6. The summed E-state index contributed by atoms with van der Waals surface area (Å²) in [6, 6.07) is 19.6. The highest BCUT2D eigenvalue weighted by Gasteiger charge is 2.31. The number of nitrogens with zero attached hydrogens (tertiary/aromatic N) is 2. The minimum absolute atomic E-state index is 0.00952. The lowest BCUT2D eigenvalue weighted by atomic mass is 10.1. The van der Waals surface area contributed by atoms with E-state index >= 15 is 0 Å². The van der Waals surface area contributed by atoms with E-state index in [9.17, 15) is 13.2 Å². The smallest absolute Gasteiger partial charge is 0.254 e. The average molecular weight is 453 g/mol. The fourth-order valence-electron chi connectivity index (χ4n) is 4.11. The molecule has 168 valence electrons. The first-order chi connectivity index (χ1) is 15.4. The van der Waals surface area contributed by atoms with Crippen LogP contribution in [0.1, 0.15) is 47.9 Å². The lowest BCUT2D eigenvalue weighted by Gasteiger charge is -2.32. The Balaban J connectivity index is 1.56. The van der Waals surface area contributed by atoms with Crippen LogP contribution in [0.3, 0.4) is 0 Å². The largest absolute Gasteiger partial charge is 0.467 e. The highest BCUT2D eigenvalue weighted by atomic mass is 32.2. The summed E-state index contributed by atoms with van der Waals surface area (Å²) in [6.07, 6.45) is 4.38. The van der Waals surface area contributed by atoms with Crippen molar-refractivity contribution in [3.05, 3.63) is 89.9 Å². The van der Waals surface area contributed by atoms with Crippen LogP contribution in [0.25, 0.3) is 0 Å². The van der Waals surface area contributed by atoms with Gasteiger partial charge < -0.3 is 9.32 Å². The van der Waals surface area contributed by atoms with E-state index in [1.165, 1.54) is 12.1 Å². The summed E-state index contributed by atoms with van der Waals surface area (Å²) < 4.78 is 33.2. The molecule has 3 aromatic rings. The molecule has 0 N–H and O–H groups in total. The van der Waals surface area contributed by atoms with E-state index < -0.39 is 10.0 Å². The van der Waals surface area contributed by atoms with Crippen molar-refractivity contribution in [2.24, 2.45) is 0 Å². The lowest BCUT2D eigenvalue weighted by Crippen LogP contribution is -2.41. The first-order valence-electron chi connectivity index (χ1n) is 10.9. The first-order valence-corrected chi connectivity index (χ1v) is 12.4. The molecule has 2 heterocycles. The van der Waals surface area contributed by atoms with Gasteiger partial charge in [-0.3, -0.25) is 4.79 Å². The number of carbonyl (C=O) groups is 1. The third-order valence-corrected chi connectivity index (χ3v) is 7.91. The lowest BCUT2D eigenvalue weighted by molar-refractivity contribution is 0.0717. The predicted octanol–water partition coefficient (Wildman–Crippen LogP) is 4.69. The fourth-order valence-corrected chi connectivity index (χ4v) is 5.81. The summed E-state index contributed by atoms with van der Waals surface area (Å²) in [7, 11) is -3.57. The molecule has 4 rings (SSSR count). The molecule has 0 aliphatic carbocycles. The second-order valence-electron chi connectivity index (χ2n) is 8.21. The predicted molar refractivity (Wildman–Crippen MR) is 122 cm³/mol. The molecule has 1 aliphatic rings. The number of benzene rings is 2. The molecule has 0 bridgehead atoms. The standard InChI is InChI=1S/C25H28N2O4S/c1-20-8-5-6-16-27(20)32(29,30)24-14-12-22(13-15-24)25(28)26(19-23-11-7-17-31-23)18-21-9-3-2-4-10-21/h2-4,7,9-15,17,20H,5-6,8,16,18-19H2,1H3. The summed E-state index contributed by atoms with van der Waals surface area (Å²) in [5.74, 6) is 0.508. The van der Waals surface area contributed by atoms with E-state index in [4.69, 9.17) is 4.42 Å².